The zero-order chi connectivity index (χ0) is 19.1. The third kappa shape index (κ3) is 6.01. The van der Waals surface area contributed by atoms with E-state index in [4.69, 9.17) is 0 Å². The molecule has 0 unspecified atom stereocenters. The Hall–Kier alpha value is -1.46. The van der Waals surface area contributed by atoms with Gasteiger partial charge in [0, 0.05) is 37.4 Å². The molecule has 2 aliphatic heterocycles. The molecule has 1 aromatic heterocycles. The number of likely N-dealkylation sites (tertiary alicyclic amines) is 2. The molecule has 0 saturated carbocycles. The minimum Gasteiger partial charge on any atom is -0.352 e. The molecule has 1 atom stereocenters. The Balaban J connectivity index is 1.36. The van der Waals surface area contributed by atoms with E-state index in [1.807, 2.05) is 18.3 Å². The number of rotatable bonds is 7. The molecule has 2 fully saturated rings. The second-order valence-electron chi connectivity index (χ2n) is 8.43. The number of carbonyl (C=O) groups excluding carboxylic acids is 1. The zero-order valence-corrected chi connectivity index (χ0v) is 17.1. The summed E-state index contributed by atoms with van der Waals surface area (Å²) in [6.45, 7) is 11.1. The molecule has 150 valence electrons. The predicted molar refractivity (Wildman–Crippen MR) is 109 cm³/mol. The van der Waals surface area contributed by atoms with Gasteiger partial charge in [-0.2, -0.15) is 0 Å². The quantitative estimate of drug-likeness (QED) is 0.799. The number of nitrogens with zero attached hydrogens (tertiary/aromatic N) is 3. The monoisotopic (exact) mass is 372 g/mol. The van der Waals surface area contributed by atoms with Crippen molar-refractivity contribution >= 4 is 5.91 Å². The second kappa shape index (κ2) is 10.2. The van der Waals surface area contributed by atoms with Crippen LogP contribution in [-0.2, 0) is 11.3 Å². The number of nitrogens with one attached hydrogen (secondary N) is 1. The molecule has 2 aliphatic rings. The number of hydrogen-bond acceptors (Lipinski definition) is 4. The van der Waals surface area contributed by atoms with Crippen molar-refractivity contribution < 1.29 is 4.79 Å². The Kier molecular flexibility index (Phi) is 7.65. The van der Waals surface area contributed by atoms with E-state index >= 15 is 0 Å². The first-order valence-corrected chi connectivity index (χ1v) is 10.8. The standard InChI is InChI=1S/C22H36N4O/c1-3-18(2)17-25-11-8-21(9-12-25)26-13-6-20(7-14-26)22(27)24-16-19-5-4-10-23-15-19/h4-5,10,15,18,20-21H,3,6-9,11-14,16-17H2,1-2H3,(H,24,27)/t18-/m1/s1. The third-order valence-corrected chi connectivity index (χ3v) is 6.43. The second-order valence-corrected chi connectivity index (χ2v) is 8.43. The van der Waals surface area contributed by atoms with Gasteiger partial charge in [0.15, 0.2) is 0 Å². The molecule has 3 rings (SSSR count). The summed E-state index contributed by atoms with van der Waals surface area (Å²) < 4.78 is 0. The average Bonchev–Trinajstić information content (AvgIpc) is 2.73. The van der Waals surface area contributed by atoms with E-state index in [0.717, 1.165) is 43.5 Å². The van der Waals surface area contributed by atoms with Crippen molar-refractivity contribution in [1.82, 2.24) is 20.1 Å². The summed E-state index contributed by atoms with van der Waals surface area (Å²) in [6.07, 6.45) is 9.41. The van der Waals surface area contributed by atoms with Crippen molar-refractivity contribution in [2.24, 2.45) is 11.8 Å². The summed E-state index contributed by atoms with van der Waals surface area (Å²) in [4.78, 5) is 21.9. The third-order valence-electron chi connectivity index (χ3n) is 6.43. The highest BCUT2D eigenvalue weighted by molar-refractivity contribution is 5.78. The van der Waals surface area contributed by atoms with E-state index in [9.17, 15) is 4.79 Å². The highest BCUT2D eigenvalue weighted by atomic mass is 16.1. The lowest BCUT2D eigenvalue weighted by Crippen LogP contribution is -2.49. The lowest BCUT2D eigenvalue weighted by molar-refractivity contribution is -0.126. The SMILES string of the molecule is CC[C@@H](C)CN1CCC(N2CCC(C(=O)NCc3cccnc3)CC2)CC1. The summed E-state index contributed by atoms with van der Waals surface area (Å²) in [5.74, 6) is 1.19. The van der Waals surface area contributed by atoms with E-state index < -0.39 is 0 Å². The molecule has 0 aromatic carbocycles. The van der Waals surface area contributed by atoms with Gasteiger partial charge in [0.2, 0.25) is 5.91 Å². The first kappa shape index (κ1) is 20.3. The van der Waals surface area contributed by atoms with Crippen LogP contribution >= 0.6 is 0 Å². The first-order valence-electron chi connectivity index (χ1n) is 10.8. The van der Waals surface area contributed by atoms with Crippen LogP contribution in [0, 0.1) is 11.8 Å². The molecule has 0 aliphatic carbocycles. The van der Waals surface area contributed by atoms with Crippen LogP contribution in [0.3, 0.4) is 0 Å². The van der Waals surface area contributed by atoms with Crippen molar-refractivity contribution in [3.63, 3.8) is 0 Å². The van der Waals surface area contributed by atoms with Crippen LogP contribution in [0.1, 0.15) is 51.5 Å². The van der Waals surface area contributed by atoms with Gasteiger partial charge in [-0.15, -0.1) is 0 Å². The van der Waals surface area contributed by atoms with Crippen molar-refractivity contribution in [2.45, 2.75) is 58.5 Å². The summed E-state index contributed by atoms with van der Waals surface area (Å²) in [7, 11) is 0. The minimum atomic E-state index is 0.170. The fourth-order valence-corrected chi connectivity index (χ4v) is 4.40. The molecule has 1 N–H and O–H groups in total. The Morgan fingerprint density at radius 3 is 2.59 bits per heavy atom. The minimum absolute atomic E-state index is 0.170. The molecule has 2 saturated heterocycles. The van der Waals surface area contributed by atoms with E-state index in [1.54, 1.807) is 6.20 Å². The lowest BCUT2D eigenvalue weighted by atomic mass is 9.92. The van der Waals surface area contributed by atoms with Gasteiger partial charge in [-0.3, -0.25) is 9.78 Å². The largest absolute Gasteiger partial charge is 0.352 e. The number of hydrogen-bond donors (Lipinski definition) is 1. The van der Waals surface area contributed by atoms with Gasteiger partial charge < -0.3 is 15.1 Å². The normalized spacial score (nSPS) is 21.9. The van der Waals surface area contributed by atoms with E-state index in [1.165, 1.54) is 38.9 Å². The fourth-order valence-electron chi connectivity index (χ4n) is 4.40. The maximum atomic E-state index is 12.5. The topological polar surface area (TPSA) is 48.5 Å². The molecule has 1 aromatic rings. The molecular weight excluding hydrogens is 336 g/mol. The Bertz CT molecular complexity index is 563. The maximum Gasteiger partial charge on any atom is 0.223 e. The number of carbonyl (C=O) groups is 1. The number of aromatic nitrogens is 1. The molecule has 1 amide bonds. The number of pyridine rings is 1. The average molecular weight is 373 g/mol. The predicted octanol–water partition coefficient (Wildman–Crippen LogP) is 2.92. The molecule has 0 bridgehead atoms. The van der Waals surface area contributed by atoms with Crippen LogP contribution in [0.4, 0.5) is 0 Å². The van der Waals surface area contributed by atoms with Gasteiger partial charge in [0.25, 0.3) is 0 Å². The van der Waals surface area contributed by atoms with Gasteiger partial charge >= 0.3 is 0 Å². The van der Waals surface area contributed by atoms with Gasteiger partial charge in [0.05, 0.1) is 0 Å². The molecule has 3 heterocycles. The summed E-state index contributed by atoms with van der Waals surface area (Å²) in [6, 6.07) is 4.63. The van der Waals surface area contributed by atoms with Crippen LogP contribution in [-0.4, -0.2) is 59.5 Å². The van der Waals surface area contributed by atoms with E-state index in [-0.39, 0.29) is 11.8 Å². The molecule has 27 heavy (non-hydrogen) atoms. The molecule has 5 nitrogen and oxygen atoms in total. The fraction of sp³-hybridized carbons (Fsp3) is 0.727. The van der Waals surface area contributed by atoms with Gasteiger partial charge in [-0.25, -0.2) is 0 Å². The van der Waals surface area contributed by atoms with Gasteiger partial charge in [-0.1, -0.05) is 26.3 Å². The molecular formula is C22H36N4O. The van der Waals surface area contributed by atoms with Crippen molar-refractivity contribution in [1.29, 1.82) is 0 Å². The van der Waals surface area contributed by atoms with Gasteiger partial charge in [0.1, 0.15) is 0 Å². The lowest BCUT2D eigenvalue weighted by Gasteiger charge is -2.42. The van der Waals surface area contributed by atoms with E-state index in [0.29, 0.717) is 6.54 Å². The molecule has 0 radical (unpaired) electrons. The maximum absolute atomic E-state index is 12.5. The van der Waals surface area contributed by atoms with Crippen LogP contribution in [0.5, 0.6) is 0 Å². The molecule has 5 heteroatoms. The van der Waals surface area contributed by atoms with Crippen LogP contribution in [0.2, 0.25) is 0 Å². The summed E-state index contributed by atoms with van der Waals surface area (Å²) in [5, 5.41) is 3.09. The van der Waals surface area contributed by atoms with Crippen molar-refractivity contribution in [2.75, 3.05) is 32.7 Å². The first-order chi connectivity index (χ1) is 13.2. The number of amides is 1. The number of piperidine rings is 2. The highest BCUT2D eigenvalue weighted by Gasteiger charge is 2.30. The van der Waals surface area contributed by atoms with Gasteiger partial charge in [-0.05, 0) is 69.4 Å². The smallest absolute Gasteiger partial charge is 0.223 e. The highest BCUT2D eigenvalue weighted by Crippen LogP contribution is 2.24. The van der Waals surface area contributed by atoms with Crippen molar-refractivity contribution in [3.05, 3.63) is 30.1 Å². The Morgan fingerprint density at radius 2 is 1.96 bits per heavy atom. The van der Waals surface area contributed by atoms with Crippen LogP contribution in [0.15, 0.2) is 24.5 Å². The van der Waals surface area contributed by atoms with Crippen molar-refractivity contribution in [3.8, 4) is 0 Å². The summed E-state index contributed by atoms with van der Waals surface area (Å²) >= 11 is 0. The van der Waals surface area contributed by atoms with Crippen LogP contribution in [0.25, 0.3) is 0 Å². The summed E-state index contributed by atoms with van der Waals surface area (Å²) in [5.41, 5.74) is 1.06. The van der Waals surface area contributed by atoms with Crippen LogP contribution < -0.4 is 5.32 Å². The van der Waals surface area contributed by atoms with E-state index in [2.05, 4.69) is 33.9 Å². The Morgan fingerprint density at radius 1 is 1.22 bits per heavy atom. The molecule has 0 spiro atoms. The Labute approximate surface area is 164 Å². The zero-order valence-electron chi connectivity index (χ0n) is 17.1.